The number of nitrogens with one attached hydrogen (secondary N) is 4. The molecule has 18 rings (SSSR count). The highest BCUT2D eigenvalue weighted by molar-refractivity contribution is 7.90. The number of nitrogens with zero attached hydrogens (tertiary/aromatic N) is 14. The number of ether oxygens (including phenoxy) is 4. The van der Waals surface area contributed by atoms with E-state index in [0.29, 0.717) is 173 Å². The molecule has 138 heavy (non-hydrogen) atoms. The number of likely N-dealkylation sites (tertiary alicyclic amines) is 2. The van der Waals surface area contributed by atoms with E-state index in [1.54, 1.807) is 85.6 Å². The van der Waals surface area contributed by atoms with Crippen LogP contribution in [0.4, 0.5) is 0 Å². The average molecular weight is 1930 g/mol. The number of nitriles is 4. The molecule has 2 fully saturated rings. The number of sulfonamides is 3. The molecule has 34 nitrogen and oxygen atoms in total. The third-order valence-corrected chi connectivity index (χ3v) is 28.5. The first-order valence-electron chi connectivity index (χ1n) is 46.0. The number of rotatable bonds is 31. The molecule has 8 aromatic carbocycles. The van der Waals surface area contributed by atoms with Crippen molar-refractivity contribution in [3.8, 4) is 139 Å². The van der Waals surface area contributed by atoms with Gasteiger partial charge in [-0.2, -0.15) is 41.0 Å². The Bertz CT molecular complexity index is 7070. The lowest BCUT2D eigenvalue weighted by Gasteiger charge is -2.42. The van der Waals surface area contributed by atoms with Gasteiger partial charge in [0.25, 0.3) is 23.6 Å². The molecule has 37 heteroatoms. The summed E-state index contributed by atoms with van der Waals surface area (Å²) in [5.41, 5.74) is 15.7. The monoisotopic (exact) mass is 1920 g/mol. The second kappa shape index (κ2) is 42.9. The zero-order chi connectivity index (χ0) is 98.0. The largest absolute Gasteiger partial charge is 0.490 e. The van der Waals surface area contributed by atoms with Gasteiger partial charge in [-0.1, -0.05) is 107 Å². The minimum Gasteiger partial charge on any atom is -0.490 e. The molecule has 1 amide bonds. The Morgan fingerprint density at radius 3 is 1.06 bits per heavy atom. The van der Waals surface area contributed by atoms with Gasteiger partial charge < -0.3 is 47.3 Å². The SMILES string of the molecule is CC(=O)C1CN([C@@H]2CCc3c(-c4noc(-c5ccc(OC(C)C)c(C#N)c5)n4)cccc32)C1.CC(C)CS(=O)(=O)N[C@@H]1CCc2c(-c3noc(-c4ccc(OC(C)C)c(C#N)c4)n3)cccc21.CC(C)Oc1ccc(-c2nc(-c3cccc4c3CC[C@H]4NS(=O)(=O)CC(=O)N3CCC3)no2)cc1C#N.CNCCS(=O)(=O)N[C@H]1CCc2c(-c3noc(-c4ccc(OC(C)C)c(C#N)c4)n3)cccc21. The first kappa shape index (κ1) is 98.8. The molecule has 0 radical (unpaired) electrons. The molecule has 2 saturated heterocycles. The van der Waals surface area contributed by atoms with E-state index in [9.17, 15) is 55.9 Å². The van der Waals surface area contributed by atoms with Crippen LogP contribution in [0.1, 0.15) is 199 Å². The van der Waals surface area contributed by atoms with Gasteiger partial charge in [0.1, 0.15) is 58.8 Å². The van der Waals surface area contributed by atoms with Gasteiger partial charge in [-0.3, -0.25) is 14.5 Å². The summed E-state index contributed by atoms with van der Waals surface area (Å²) in [5, 5.41) is 57.6. The summed E-state index contributed by atoms with van der Waals surface area (Å²) in [6, 6.07) is 52.0. The molecule has 0 saturated carbocycles. The quantitative estimate of drug-likeness (QED) is 0.0313. The van der Waals surface area contributed by atoms with E-state index < -0.39 is 41.9 Å². The predicted octanol–water partition coefficient (Wildman–Crippen LogP) is 15.6. The maximum absolute atomic E-state index is 12.7. The van der Waals surface area contributed by atoms with Crippen molar-refractivity contribution in [2.75, 3.05) is 57.0 Å². The lowest BCUT2D eigenvalue weighted by atomic mass is 9.92. The van der Waals surface area contributed by atoms with Gasteiger partial charge in [-0.25, -0.2) is 39.4 Å². The first-order chi connectivity index (χ1) is 66.1. The molecule has 0 bridgehead atoms. The number of Topliss-reactive ketones (excluding diaryl/α,β-unsaturated/α-hetero) is 1. The van der Waals surface area contributed by atoms with Crippen LogP contribution in [0.2, 0.25) is 0 Å². The van der Waals surface area contributed by atoms with E-state index in [1.807, 2.05) is 142 Å². The van der Waals surface area contributed by atoms with Crippen LogP contribution in [0.5, 0.6) is 23.0 Å². The second-order valence-corrected chi connectivity index (χ2v) is 41.6. The lowest BCUT2D eigenvalue weighted by Crippen LogP contribution is -2.50. The minimum absolute atomic E-state index is 0.0217. The number of carbonyl (C=O) groups excluding carboxylic acids is 2. The van der Waals surface area contributed by atoms with E-state index in [4.69, 9.17) is 37.0 Å². The van der Waals surface area contributed by atoms with Crippen molar-refractivity contribution in [3.63, 3.8) is 0 Å². The summed E-state index contributed by atoms with van der Waals surface area (Å²) in [7, 11) is -8.83. The van der Waals surface area contributed by atoms with Gasteiger partial charge in [0, 0.05) is 107 Å². The third kappa shape index (κ3) is 23.2. The molecule has 0 spiro atoms. The average Bonchev–Trinajstić information content (AvgIpc) is 0.769. The Morgan fingerprint density at radius 2 is 0.754 bits per heavy atom. The molecule has 0 unspecified atom stereocenters. The van der Waals surface area contributed by atoms with Gasteiger partial charge in [-0.05, 0) is 250 Å². The molecule has 4 aromatic heterocycles. The van der Waals surface area contributed by atoms with Gasteiger partial charge in [0.05, 0.1) is 58.2 Å². The van der Waals surface area contributed by atoms with Crippen molar-refractivity contribution < 1.29 is 71.9 Å². The van der Waals surface area contributed by atoms with Crippen molar-refractivity contribution in [3.05, 3.63) is 212 Å². The van der Waals surface area contributed by atoms with E-state index >= 15 is 0 Å². The second-order valence-electron chi connectivity index (χ2n) is 36.2. The number of fused-ring (bicyclic) bond motifs is 4. The Labute approximate surface area is 802 Å². The fraction of sp³-hybridized carbons (Fsp3) is 0.386. The summed E-state index contributed by atoms with van der Waals surface area (Å²) in [6.07, 6.45) is 6.65. The van der Waals surface area contributed by atoms with Crippen LogP contribution < -0.4 is 38.4 Å². The van der Waals surface area contributed by atoms with Gasteiger partial charge in [0.15, 0.2) is 0 Å². The molecule has 4 N–H and O–H groups in total. The molecule has 6 aliphatic rings. The Morgan fingerprint density at radius 1 is 0.435 bits per heavy atom. The molecule has 4 atom stereocenters. The first-order valence-corrected chi connectivity index (χ1v) is 51.0. The Kier molecular flexibility index (Phi) is 30.7. The maximum Gasteiger partial charge on any atom is 0.258 e. The highest BCUT2D eigenvalue weighted by Crippen LogP contribution is 2.46. The van der Waals surface area contributed by atoms with Crippen LogP contribution in [-0.4, -0.2) is 169 Å². The summed E-state index contributed by atoms with van der Waals surface area (Å²) in [6.45, 7) is 24.0. The normalized spacial score (nSPS) is 16.4. The number of hydrogen-bond donors (Lipinski definition) is 4. The summed E-state index contributed by atoms with van der Waals surface area (Å²) in [4.78, 5) is 46.1. The highest BCUT2D eigenvalue weighted by atomic mass is 32.2. The summed E-state index contributed by atoms with van der Waals surface area (Å²) >= 11 is 0. The van der Waals surface area contributed by atoms with E-state index in [2.05, 4.69) is 95.3 Å². The molecular formula is C101H108N18O16S3. The molecule has 4 aliphatic carbocycles. The van der Waals surface area contributed by atoms with E-state index in [0.717, 1.165) is 88.0 Å². The zero-order valence-corrected chi connectivity index (χ0v) is 81.1. The van der Waals surface area contributed by atoms with Crippen LogP contribution in [0, 0.1) is 57.2 Å². The standard InChI is InChI=1S/C26H27N5O5S.C26H26N4O3.C25H28N4O4S.C24H27N5O4S/c1-16(2)35-23-10-7-17(13-18(23)14-27)26-28-25(29-36-26)21-6-3-5-20-19(21)8-9-22(20)30-37(33,34)15-24(32)31-11-4-12-31;1-15(2)32-24-10-7-17(11-18(24)12-27)26-28-25(29-33-26)22-6-4-5-21-20(22)8-9-23(21)30-13-19(14-30)16(3)31;1-15(2)14-34(30,31)29-22-10-9-19-20(22)6-5-7-21(19)24-27-25(33-28-24)17-8-11-23(32-16(3)4)18(12-17)13-26;1-15(2)32-22-10-7-16(13-17(22)14-25)24-27-23(28-33-24)20-6-4-5-19-18(20)8-9-21(19)29-34(30,31)12-11-26-3/h3,5-7,10,13,16,22,30H,4,8-9,11-12,15H2,1-2H3;4-7,10-11,15,19,23H,8-9,13-14H2,1-3H3;5-8,11-12,15-16,22,29H,9-10,14H2,1-4H3;4-7,10,13,15,21,26,29H,8-9,11-12H2,1-3H3/t22-;23-;22-;21-/m1110/s1. The van der Waals surface area contributed by atoms with Crippen molar-refractivity contribution in [1.82, 2.24) is 69.8 Å². The van der Waals surface area contributed by atoms with Crippen LogP contribution >= 0.6 is 0 Å². The summed E-state index contributed by atoms with van der Waals surface area (Å²) in [5.74, 6) is 4.76. The minimum atomic E-state index is -3.78. The van der Waals surface area contributed by atoms with Crippen molar-refractivity contribution in [2.45, 2.75) is 183 Å². The third-order valence-electron chi connectivity index (χ3n) is 24.1. The fourth-order valence-electron chi connectivity index (χ4n) is 17.7. The van der Waals surface area contributed by atoms with E-state index in [1.165, 1.54) is 11.1 Å². The van der Waals surface area contributed by atoms with Gasteiger partial charge in [-0.15, -0.1) is 0 Å². The lowest BCUT2D eigenvalue weighted by molar-refractivity contribution is -0.131. The Hall–Kier alpha value is -13.7. The summed E-state index contributed by atoms with van der Waals surface area (Å²) < 4.78 is 128. The topological polar surface area (TPSA) is 479 Å². The number of ketones is 1. The van der Waals surface area contributed by atoms with Crippen molar-refractivity contribution in [1.29, 1.82) is 21.0 Å². The zero-order valence-electron chi connectivity index (χ0n) is 78.7. The molecule has 12 aromatic rings. The fourth-order valence-corrected chi connectivity index (χ4v) is 21.9. The molecule has 6 heterocycles. The van der Waals surface area contributed by atoms with Gasteiger partial charge >= 0.3 is 0 Å². The smallest absolute Gasteiger partial charge is 0.258 e. The number of hydrogen-bond acceptors (Lipinski definition) is 30. The van der Waals surface area contributed by atoms with Crippen molar-refractivity contribution >= 4 is 41.8 Å². The molecule has 716 valence electrons. The number of amides is 1. The molecular weight excluding hydrogens is 1820 g/mol. The predicted molar refractivity (Wildman–Crippen MR) is 513 cm³/mol. The van der Waals surface area contributed by atoms with Crippen LogP contribution in [0.15, 0.2) is 164 Å². The number of aromatic nitrogens is 8. The van der Waals surface area contributed by atoms with Crippen LogP contribution in [-0.2, 0) is 65.3 Å². The Balaban J connectivity index is 0.000000140. The van der Waals surface area contributed by atoms with Crippen LogP contribution in [0.3, 0.4) is 0 Å². The van der Waals surface area contributed by atoms with Crippen molar-refractivity contribution in [2.24, 2.45) is 11.8 Å². The maximum atomic E-state index is 12.7. The highest BCUT2D eigenvalue weighted by Gasteiger charge is 2.41. The van der Waals surface area contributed by atoms with Gasteiger partial charge in [0.2, 0.25) is 59.3 Å². The molecule has 2 aliphatic heterocycles. The number of carbonyl (C=O) groups is 2. The van der Waals surface area contributed by atoms with E-state index in [-0.39, 0.29) is 77.4 Å². The number of benzene rings is 8. The van der Waals surface area contributed by atoms with Crippen LogP contribution in [0.25, 0.3) is 91.4 Å².